The van der Waals surface area contributed by atoms with Gasteiger partial charge < -0.3 is 26.9 Å². The number of fused-ring (bicyclic) bond motifs is 33. The molecule has 132 heavy (non-hydrogen) atoms. The van der Waals surface area contributed by atoms with Crippen molar-refractivity contribution in [2.75, 3.05) is 0 Å². The van der Waals surface area contributed by atoms with E-state index in [2.05, 4.69) is 512 Å². The van der Waals surface area contributed by atoms with Crippen molar-refractivity contribution in [3.05, 3.63) is 485 Å². The monoisotopic (exact) mass is 1680 g/mol. The van der Waals surface area contributed by atoms with E-state index >= 15 is 0 Å². The zero-order chi connectivity index (χ0) is 86.6. The summed E-state index contributed by atoms with van der Waals surface area (Å²) in [6.45, 7) is 0. The largest absolute Gasteiger partial charge is 0.308 e. The second kappa shape index (κ2) is 30.0. The molecule has 0 atom stereocenters. The minimum Gasteiger partial charge on any atom is -0.308 e. The number of rotatable bonds is 5. The molecule has 614 valence electrons. The Kier molecular flexibility index (Phi) is 17.0. The lowest BCUT2D eigenvalue weighted by Crippen LogP contribution is -2.01. The van der Waals surface area contributed by atoms with Crippen molar-refractivity contribution < 1.29 is 0 Å². The van der Waals surface area contributed by atoms with Crippen LogP contribution in [0, 0.1) is 0 Å². The molecular weight excluding hydrogens is 1600 g/mol. The average Bonchev–Trinajstić information content (AvgIpc) is 1.54. The van der Waals surface area contributed by atoms with Crippen molar-refractivity contribution in [1.29, 1.82) is 0 Å². The molecule has 0 amide bonds. The summed E-state index contributed by atoms with van der Waals surface area (Å²) in [7, 11) is 0. The molecule has 0 spiro atoms. The first-order valence-electron chi connectivity index (χ1n) is 45.5. The maximum Gasteiger partial charge on any atom is 0.0703 e. The van der Waals surface area contributed by atoms with E-state index < -0.39 is 0 Å². The Balaban J connectivity index is 0.000000102. The average molecular weight is 1680 g/mol. The van der Waals surface area contributed by atoms with Gasteiger partial charge in [0.25, 0.3) is 0 Å². The topological polar surface area (TPSA) is 28.0 Å². The van der Waals surface area contributed by atoms with Gasteiger partial charge in [0, 0.05) is 81.7 Å². The van der Waals surface area contributed by atoms with Crippen molar-refractivity contribution in [2.24, 2.45) is 0 Å². The highest BCUT2D eigenvalue weighted by Gasteiger charge is 2.26. The summed E-state index contributed by atoms with van der Waals surface area (Å²) in [5.41, 5.74) is 26.1. The summed E-state index contributed by atoms with van der Waals surface area (Å²) >= 11 is 0. The zero-order valence-corrected chi connectivity index (χ0v) is 71.9. The molecule has 0 unspecified atom stereocenters. The predicted molar refractivity (Wildman–Crippen MR) is 563 cm³/mol. The molecule has 0 fully saturated rings. The molecule has 6 heteroatoms. The van der Waals surface area contributed by atoms with Gasteiger partial charge in [-0.1, -0.05) is 358 Å². The van der Waals surface area contributed by atoms with Crippen LogP contribution < -0.4 is 0 Å². The van der Waals surface area contributed by atoms with Crippen LogP contribution in [0.15, 0.2) is 485 Å². The Morgan fingerprint density at radius 2 is 0.356 bits per heavy atom. The summed E-state index contributed by atoms with van der Waals surface area (Å²) in [5.74, 6) is 0. The lowest BCUT2D eigenvalue weighted by molar-refractivity contribution is 1.16. The second-order valence-electron chi connectivity index (χ2n) is 34.8. The molecule has 6 nitrogen and oxygen atoms in total. The van der Waals surface area contributed by atoms with Crippen LogP contribution in [-0.2, 0) is 0 Å². The van der Waals surface area contributed by atoms with E-state index in [-0.39, 0.29) is 0 Å². The van der Waals surface area contributed by atoms with Crippen LogP contribution >= 0.6 is 0 Å². The van der Waals surface area contributed by atoms with E-state index in [0.717, 1.165) is 50.2 Å². The highest BCUT2D eigenvalue weighted by molar-refractivity contribution is 6.37. The normalized spacial score (nSPS) is 11.9. The molecule has 6 aromatic heterocycles. The highest BCUT2D eigenvalue weighted by atomic mass is 15.0. The molecule has 0 aliphatic heterocycles. The number of nitrogens with zero attached hydrogens (tertiary/aromatic N) is 6. The number of hydrogen-bond acceptors (Lipinski definition) is 0. The zero-order valence-electron chi connectivity index (χ0n) is 71.9. The van der Waals surface area contributed by atoms with E-state index in [1.807, 2.05) is 0 Å². The van der Waals surface area contributed by atoms with Gasteiger partial charge >= 0.3 is 0 Å². The number of aromatic nitrogens is 6. The Hall–Kier alpha value is -17.6. The maximum atomic E-state index is 2.53. The van der Waals surface area contributed by atoms with Gasteiger partial charge in [-0.3, -0.25) is 0 Å². The molecule has 29 aromatic rings. The maximum absolute atomic E-state index is 2.53. The smallest absolute Gasteiger partial charge is 0.0703 e. The van der Waals surface area contributed by atoms with Crippen molar-refractivity contribution in [3.8, 4) is 39.3 Å². The van der Waals surface area contributed by atoms with Crippen molar-refractivity contribution >= 4 is 212 Å². The van der Waals surface area contributed by atoms with Gasteiger partial charge in [-0.2, -0.15) is 0 Å². The minimum absolute atomic E-state index is 1.13. The summed E-state index contributed by atoms with van der Waals surface area (Å²) in [5, 5.41) is 30.5. The van der Waals surface area contributed by atoms with Crippen LogP contribution in [0.25, 0.3) is 251 Å². The lowest BCUT2D eigenvalue weighted by atomic mass is 9.97. The first kappa shape index (κ1) is 74.6. The number of hydrogen-bond donors (Lipinski definition) is 0. The van der Waals surface area contributed by atoms with E-state index in [1.54, 1.807) is 0 Å². The predicted octanol–water partition coefficient (Wildman–Crippen LogP) is 34.0. The molecule has 0 saturated carbocycles. The quantitative estimate of drug-likeness (QED) is 0.164. The fourth-order valence-corrected chi connectivity index (χ4v) is 22.2. The third-order valence-corrected chi connectivity index (χ3v) is 27.8. The van der Waals surface area contributed by atoms with Gasteiger partial charge in [0.1, 0.15) is 0 Å². The SMILES string of the molecule is c1ccc(-c2ccc(-n3c4ccccc4c4cc5ccccc5c5c6c7ccccc7ccc6n(c6ccccc63)c45)cc2)cc1.c1ccc(-c2cccc(-n3c4ccccc4c4cc5ccccc5c5c6c7ccccc7ccc6n(c6ccccc63)c45)c2)cc1.c1ccc(-n2c3ccccc3c3cc4ccccc4c4c5c6ccccc6ccc5n(c5ccccc52)c34)cc1. The van der Waals surface area contributed by atoms with Crippen molar-refractivity contribution in [2.45, 2.75) is 0 Å². The van der Waals surface area contributed by atoms with Crippen molar-refractivity contribution in [1.82, 2.24) is 26.9 Å². The number of benzene rings is 23. The summed E-state index contributed by atoms with van der Waals surface area (Å²) in [6.07, 6.45) is 0. The highest BCUT2D eigenvalue weighted by Crippen LogP contribution is 2.49. The molecule has 0 aliphatic rings. The van der Waals surface area contributed by atoms with Crippen LogP contribution in [0.1, 0.15) is 0 Å². The standard InChI is InChI=1S/2C44H28N2.C38H24N2/c1-2-13-29(14-3-1)31-17-12-18-33(27-31)45-38-22-9-8-21-36(38)37-28-32-16-5-7-20-35(32)43-42-34-19-6-4-15-30(34)25-26-41(42)46(44(37)43)40-24-11-10-23-39(40)45;1-2-12-29(13-3-1)30-22-25-33(26-23-30)45-38-19-9-8-18-36(38)37-28-32-15-5-7-17-35(32)43-42-34-16-6-4-14-31(34)24-27-41(42)46(44(37)43)40-21-11-10-20-39(40)45;1-2-14-27(15-3-1)39-32-19-9-8-18-30(32)31-24-26-13-5-7-17-29(26)37-36-28-16-6-4-12-25(28)22-23-35(36)40(38(31)37)34-21-11-10-20-33(34)39/h2*1-28H;1-24H. The first-order chi connectivity index (χ1) is 65.6. The van der Waals surface area contributed by atoms with Crippen LogP contribution in [0.2, 0.25) is 0 Å². The molecule has 29 rings (SSSR count). The molecule has 0 aliphatic carbocycles. The molecule has 0 saturated heterocycles. The van der Waals surface area contributed by atoms with Gasteiger partial charge in [0.05, 0.1) is 82.8 Å². The Labute approximate surface area is 758 Å². The number of para-hydroxylation sites is 10. The van der Waals surface area contributed by atoms with Gasteiger partial charge in [0.2, 0.25) is 0 Å². The lowest BCUT2D eigenvalue weighted by Gasteiger charge is -2.18. The van der Waals surface area contributed by atoms with Gasteiger partial charge in [0.15, 0.2) is 0 Å². The summed E-state index contributed by atoms with van der Waals surface area (Å²) in [6, 6.07) is 177. The Morgan fingerprint density at radius 1 is 0.114 bits per heavy atom. The molecule has 23 aromatic carbocycles. The Bertz CT molecular complexity index is 9980. The summed E-state index contributed by atoms with van der Waals surface area (Å²) in [4.78, 5) is 0. The fourth-order valence-electron chi connectivity index (χ4n) is 22.2. The molecule has 0 N–H and O–H groups in total. The van der Waals surface area contributed by atoms with E-state index in [1.165, 1.54) is 201 Å². The molecule has 6 heterocycles. The van der Waals surface area contributed by atoms with Crippen LogP contribution in [0.4, 0.5) is 0 Å². The van der Waals surface area contributed by atoms with Gasteiger partial charge in [-0.05, 0) is 214 Å². The minimum atomic E-state index is 1.13. The van der Waals surface area contributed by atoms with Crippen LogP contribution in [0.3, 0.4) is 0 Å². The van der Waals surface area contributed by atoms with E-state index in [9.17, 15) is 0 Å². The van der Waals surface area contributed by atoms with Crippen molar-refractivity contribution in [3.63, 3.8) is 0 Å². The first-order valence-corrected chi connectivity index (χ1v) is 45.5. The van der Waals surface area contributed by atoms with Gasteiger partial charge in [-0.25, -0.2) is 0 Å². The Morgan fingerprint density at radius 3 is 0.712 bits per heavy atom. The van der Waals surface area contributed by atoms with E-state index in [4.69, 9.17) is 0 Å². The van der Waals surface area contributed by atoms with Crippen LogP contribution in [-0.4, -0.2) is 26.9 Å². The molecule has 0 bridgehead atoms. The fraction of sp³-hybridized carbons (Fsp3) is 0. The molecule has 0 radical (unpaired) electrons. The second-order valence-corrected chi connectivity index (χ2v) is 34.8. The van der Waals surface area contributed by atoms with Crippen LogP contribution in [0.5, 0.6) is 0 Å². The summed E-state index contributed by atoms with van der Waals surface area (Å²) < 4.78 is 14.9. The third-order valence-electron chi connectivity index (χ3n) is 27.8. The van der Waals surface area contributed by atoms with E-state index in [0.29, 0.717) is 0 Å². The third kappa shape index (κ3) is 11.4. The van der Waals surface area contributed by atoms with Gasteiger partial charge in [-0.15, -0.1) is 0 Å². The molecular formula is C126H80N6.